The number of aromatic hydroxyl groups is 1. The van der Waals surface area contributed by atoms with E-state index >= 15 is 0 Å². The van der Waals surface area contributed by atoms with Crippen LogP contribution in [-0.4, -0.2) is 20.4 Å². The Balaban J connectivity index is 2.37. The number of primary amides is 1. The van der Waals surface area contributed by atoms with Crippen LogP contribution in [-0.2, 0) is 0 Å². The van der Waals surface area contributed by atoms with Crippen molar-refractivity contribution in [2.75, 3.05) is 0 Å². The lowest BCUT2D eigenvalue weighted by atomic mass is 10.2. The quantitative estimate of drug-likeness (QED) is 0.792. The maximum atomic E-state index is 10.8. The highest BCUT2D eigenvalue weighted by Gasteiger charge is 2.10. The maximum absolute atomic E-state index is 10.8. The third kappa shape index (κ3) is 1.94. The molecule has 5 nitrogen and oxygen atoms in total. The summed E-state index contributed by atoms with van der Waals surface area (Å²) >= 11 is 0.959. The number of aromatic nitrogens is 2. The minimum Gasteiger partial charge on any atom is -0.508 e. The van der Waals surface area contributed by atoms with Gasteiger partial charge in [0.15, 0.2) is 5.82 Å². The molecule has 6 heteroatoms. The minimum atomic E-state index is -0.586. The van der Waals surface area contributed by atoms with Crippen LogP contribution < -0.4 is 5.73 Å². The van der Waals surface area contributed by atoms with Gasteiger partial charge in [0.1, 0.15) is 5.75 Å². The molecular weight excluding hydrogens is 214 g/mol. The summed E-state index contributed by atoms with van der Waals surface area (Å²) in [6.45, 7) is 0. The predicted molar refractivity (Wildman–Crippen MR) is 55.5 cm³/mol. The number of phenolic OH excluding ortho intramolecular Hbond substituents is 1. The molecule has 0 atom stereocenters. The fraction of sp³-hybridized carbons (Fsp3) is 0. The molecule has 0 saturated heterocycles. The number of nitrogens with two attached hydrogens (primary N) is 1. The summed E-state index contributed by atoms with van der Waals surface area (Å²) in [4.78, 5) is 14.8. The van der Waals surface area contributed by atoms with E-state index in [1.54, 1.807) is 12.1 Å². The number of phenols is 1. The highest BCUT2D eigenvalue weighted by molar-refractivity contribution is 7.07. The third-order valence-electron chi connectivity index (χ3n) is 1.76. The molecule has 0 aliphatic rings. The molecule has 15 heavy (non-hydrogen) atoms. The number of hydrogen-bond donors (Lipinski definition) is 2. The topological polar surface area (TPSA) is 89.1 Å². The van der Waals surface area contributed by atoms with Gasteiger partial charge in [-0.05, 0) is 35.8 Å². The van der Waals surface area contributed by atoms with E-state index in [-0.39, 0.29) is 10.8 Å². The summed E-state index contributed by atoms with van der Waals surface area (Å²) < 4.78 is 3.99. The van der Waals surface area contributed by atoms with E-state index in [0.717, 1.165) is 17.1 Å². The lowest BCUT2D eigenvalue weighted by molar-refractivity contribution is 0.1000. The minimum absolute atomic E-state index is 0.170. The monoisotopic (exact) mass is 221 g/mol. The van der Waals surface area contributed by atoms with Crippen molar-refractivity contribution in [3.8, 4) is 17.1 Å². The first-order valence-corrected chi connectivity index (χ1v) is 4.87. The Labute approximate surface area is 89.4 Å². The van der Waals surface area contributed by atoms with Crippen LogP contribution in [0.2, 0.25) is 0 Å². The van der Waals surface area contributed by atoms with Crippen LogP contribution in [0, 0.1) is 0 Å². The van der Waals surface area contributed by atoms with Crippen LogP contribution in [0.3, 0.4) is 0 Å². The molecule has 0 aliphatic heterocycles. The molecule has 3 N–H and O–H groups in total. The van der Waals surface area contributed by atoms with Gasteiger partial charge in [0.2, 0.25) is 5.01 Å². The van der Waals surface area contributed by atoms with Crippen LogP contribution in [0.1, 0.15) is 9.80 Å². The Morgan fingerprint density at radius 3 is 2.53 bits per heavy atom. The number of rotatable bonds is 2. The molecule has 0 radical (unpaired) electrons. The second-order valence-electron chi connectivity index (χ2n) is 2.83. The molecule has 76 valence electrons. The molecule has 0 spiro atoms. The Morgan fingerprint density at radius 2 is 2.00 bits per heavy atom. The summed E-state index contributed by atoms with van der Waals surface area (Å²) in [6, 6.07) is 6.39. The van der Waals surface area contributed by atoms with Crippen molar-refractivity contribution in [3.05, 3.63) is 29.3 Å². The van der Waals surface area contributed by atoms with Gasteiger partial charge in [-0.2, -0.15) is 4.37 Å². The standard InChI is InChI=1S/C9H7N3O2S/c10-7(14)9-11-8(12-15-9)5-1-3-6(13)4-2-5/h1-4,13H,(H2,10,14). The van der Waals surface area contributed by atoms with E-state index in [4.69, 9.17) is 10.8 Å². The largest absolute Gasteiger partial charge is 0.508 e. The van der Waals surface area contributed by atoms with Gasteiger partial charge in [-0.1, -0.05) is 0 Å². The second kappa shape index (κ2) is 3.66. The van der Waals surface area contributed by atoms with Crippen LogP contribution in [0.25, 0.3) is 11.4 Å². The molecule has 0 unspecified atom stereocenters. The lowest BCUT2D eigenvalue weighted by Crippen LogP contribution is -2.10. The molecular formula is C9H7N3O2S. The normalized spacial score (nSPS) is 10.1. The number of amides is 1. The number of benzene rings is 1. The van der Waals surface area contributed by atoms with E-state index in [0.29, 0.717) is 5.82 Å². The highest BCUT2D eigenvalue weighted by Crippen LogP contribution is 2.20. The zero-order chi connectivity index (χ0) is 10.8. The van der Waals surface area contributed by atoms with Gasteiger partial charge in [-0.15, -0.1) is 0 Å². The Hall–Kier alpha value is -1.95. The van der Waals surface area contributed by atoms with Gasteiger partial charge in [0.05, 0.1) is 0 Å². The first-order chi connectivity index (χ1) is 7.16. The molecule has 0 aliphatic carbocycles. The van der Waals surface area contributed by atoms with Crippen molar-refractivity contribution in [1.29, 1.82) is 0 Å². The van der Waals surface area contributed by atoms with E-state index in [1.165, 1.54) is 12.1 Å². The van der Waals surface area contributed by atoms with Gasteiger partial charge in [-0.3, -0.25) is 4.79 Å². The summed E-state index contributed by atoms with van der Waals surface area (Å²) in [5, 5.41) is 9.26. The van der Waals surface area contributed by atoms with Crippen LogP contribution >= 0.6 is 11.5 Å². The molecule has 0 saturated carbocycles. The maximum Gasteiger partial charge on any atom is 0.279 e. The average molecular weight is 221 g/mol. The molecule has 1 aromatic heterocycles. The average Bonchev–Trinajstić information content (AvgIpc) is 2.68. The Bertz CT molecular complexity index is 492. The zero-order valence-corrected chi connectivity index (χ0v) is 8.36. The molecule has 1 aromatic carbocycles. The number of carbonyl (C=O) groups is 1. The van der Waals surface area contributed by atoms with E-state index in [1.807, 2.05) is 0 Å². The van der Waals surface area contributed by atoms with Crippen LogP contribution in [0.15, 0.2) is 24.3 Å². The van der Waals surface area contributed by atoms with Crippen molar-refractivity contribution in [2.45, 2.75) is 0 Å². The third-order valence-corrected chi connectivity index (χ3v) is 2.49. The van der Waals surface area contributed by atoms with Crippen LogP contribution in [0.5, 0.6) is 5.75 Å². The van der Waals surface area contributed by atoms with Crippen LogP contribution in [0.4, 0.5) is 0 Å². The molecule has 0 fully saturated rings. The Kier molecular flexibility index (Phi) is 2.34. The highest BCUT2D eigenvalue weighted by atomic mass is 32.1. The van der Waals surface area contributed by atoms with Crippen molar-refractivity contribution in [2.24, 2.45) is 5.73 Å². The summed E-state index contributed by atoms with van der Waals surface area (Å²) in [6.07, 6.45) is 0. The van der Waals surface area contributed by atoms with Crippen molar-refractivity contribution in [3.63, 3.8) is 0 Å². The van der Waals surface area contributed by atoms with E-state index in [2.05, 4.69) is 9.36 Å². The number of nitrogens with zero attached hydrogens (tertiary/aromatic N) is 2. The fourth-order valence-electron chi connectivity index (χ4n) is 1.05. The van der Waals surface area contributed by atoms with E-state index in [9.17, 15) is 4.79 Å². The van der Waals surface area contributed by atoms with Gasteiger partial charge in [-0.25, -0.2) is 4.98 Å². The van der Waals surface area contributed by atoms with Crippen molar-refractivity contribution < 1.29 is 9.90 Å². The number of carbonyl (C=O) groups excluding carboxylic acids is 1. The smallest absolute Gasteiger partial charge is 0.279 e. The summed E-state index contributed by atoms with van der Waals surface area (Å²) in [7, 11) is 0. The first kappa shape index (κ1) is 9.60. The molecule has 0 bridgehead atoms. The number of hydrogen-bond acceptors (Lipinski definition) is 5. The van der Waals surface area contributed by atoms with Crippen molar-refractivity contribution in [1.82, 2.24) is 9.36 Å². The van der Waals surface area contributed by atoms with E-state index < -0.39 is 5.91 Å². The van der Waals surface area contributed by atoms with Gasteiger partial charge in [0, 0.05) is 5.56 Å². The molecule has 1 heterocycles. The second-order valence-corrected chi connectivity index (χ2v) is 3.59. The zero-order valence-electron chi connectivity index (χ0n) is 7.54. The molecule has 1 amide bonds. The summed E-state index contributed by atoms with van der Waals surface area (Å²) in [5.74, 6) is 0.0235. The van der Waals surface area contributed by atoms with Gasteiger partial charge >= 0.3 is 0 Å². The molecule has 2 aromatic rings. The molecule has 2 rings (SSSR count). The Morgan fingerprint density at radius 1 is 1.33 bits per heavy atom. The summed E-state index contributed by atoms with van der Waals surface area (Å²) in [5.41, 5.74) is 5.79. The van der Waals surface area contributed by atoms with Gasteiger partial charge < -0.3 is 10.8 Å². The first-order valence-electron chi connectivity index (χ1n) is 4.10. The lowest BCUT2D eigenvalue weighted by Gasteiger charge is -1.94. The van der Waals surface area contributed by atoms with Crippen molar-refractivity contribution >= 4 is 17.4 Å². The van der Waals surface area contributed by atoms with Gasteiger partial charge in [0.25, 0.3) is 5.91 Å². The predicted octanol–water partition coefficient (Wildman–Crippen LogP) is 1.01. The fourth-order valence-corrected chi connectivity index (χ4v) is 1.59. The SMILES string of the molecule is NC(=O)c1nc(-c2ccc(O)cc2)ns1.